The normalized spacial score (nSPS) is 11.2. The van der Waals surface area contributed by atoms with Gasteiger partial charge in [0.1, 0.15) is 5.82 Å². The van der Waals surface area contributed by atoms with Crippen molar-refractivity contribution in [3.63, 3.8) is 0 Å². The number of imidazole rings is 1. The number of rotatable bonds is 2. The summed E-state index contributed by atoms with van der Waals surface area (Å²) in [5.74, 6) is 0.0143. The molecule has 0 unspecified atom stereocenters. The standard InChI is InChI=1S/C14H12BrFN4/c1-8-2-3-18-6-9(8)7-20-13-4-10(15)11(16)5-12(13)19-14(20)17/h2-6H,7H2,1H3,(H2,17,19). The average Bonchev–Trinajstić information content (AvgIpc) is 2.69. The Labute approximate surface area is 123 Å². The fourth-order valence-corrected chi connectivity index (χ4v) is 2.47. The Morgan fingerprint density at radius 3 is 2.95 bits per heavy atom. The summed E-state index contributed by atoms with van der Waals surface area (Å²) in [5, 5.41) is 0. The van der Waals surface area contributed by atoms with Crippen LogP contribution in [0, 0.1) is 12.7 Å². The van der Waals surface area contributed by atoms with Crippen molar-refractivity contribution in [1.29, 1.82) is 0 Å². The molecule has 0 amide bonds. The minimum absolute atomic E-state index is 0.347. The first-order chi connectivity index (χ1) is 9.56. The highest BCUT2D eigenvalue weighted by Crippen LogP contribution is 2.26. The molecule has 0 bridgehead atoms. The molecule has 2 heterocycles. The summed E-state index contributed by atoms with van der Waals surface area (Å²) in [7, 11) is 0. The van der Waals surface area contributed by atoms with Gasteiger partial charge in [-0.1, -0.05) is 0 Å². The summed E-state index contributed by atoms with van der Waals surface area (Å²) in [4.78, 5) is 8.32. The molecule has 20 heavy (non-hydrogen) atoms. The number of hydrogen-bond donors (Lipinski definition) is 1. The van der Waals surface area contributed by atoms with E-state index >= 15 is 0 Å². The van der Waals surface area contributed by atoms with E-state index in [1.165, 1.54) is 6.07 Å². The Morgan fingerprint density at radius 1 is 1.40 bits per heavy atom. The van der Waals surface area contributed by atoms with Crippen molar-refractivity contribution in [3.05, 3.63) is 52.0 Å². The topological polar surface area (TPSA) is 56.7 Å². The van der Waals surface area contributed by atoms with E-state index in [9.17, 15) is 4.39 Å². The summed E-state index contributed by atoms with van der Waals surface area (Å²) >= 11 is 3.19. The molecule has 0 spiro atoms. The molecule has 4 nitrogen and oxygen atoms in total. The largest absolute Gasteiger partial charge is 0.369 e. The highest BCUT2D eigenvalue weighted by atomic mass is 79.9. The Hall–Kier alpha value is -1.95. The molecule has 6 heteroatoms. The van der Waals surface area contributed by atoms with Crippen LogP contribution in [0.2, 0.25) is 0 Å². The monoisotopic (exact) mass is 334 g/mol. The third-order valence-electron chi connectivity index (χ3n) is 3.30. The van der Waals surface area contributed by atoms with Crippen LogP contribution in [0.1, 0.15) is 11.1 Å². The summed E-state index contributed by atoms with van der Waals surface area (Å²) in [6, 6.07) is 5.02. The van der Waals surface area contributed by atoms with Crippen molar-refractivity contribution in [1.82, 2.24) is 14.5 Å². The highest BCUT2D eigenvalue weighted by Gasteiger charge is 2.12. The molecule has 102 valence electrons. The average molecular weight is 335 g/mol. The lowest BCUT2D eigenvalue weighted by Crippen LogP contribution is -2.06. The third-order valence-corrected chi connectivity index (χ3v) is 3.90. The number of pyridine rings is 1. The fourth-order valence-electron chi connectivity index (χ4n) is 2.14. The van der Waals surface area contributed by atoms with Crippen LogP contribution in [0.25, 0.3) is 11.0 Å². The molecule has 3 aromatic rings. The predicted octanol–water partition coefficient (Wildman–Crippen LogP) is 3.27. The van der Waals surface area contributed by atoms with E-state index < -0.39 is 0 Å². The first kappa shape index (κ1) is 13.1. The molecule has 0 aliphatic carbocycles. The summed E-state index contributed by atoms with van der Waals surface area (Å²) in [6.45, 7) is 2.57. The zero-order valence-corrected chi connectivity index (χ0v) is 12.4. The molecular weight excluding hydrogens is 323 g/mol. The van der Waals surface area contributed by atoms with E-state index in [0.29, 0.717) is 22.5 Å². The number of hydrogen-bond acceptors (Lipinski definition) is 3. The summed E-state index contributed by atoms with van der Waals surface area (Å²) in [5.41, 5.74) is 9.46. The van der Waals surface area contributed by atoms with Gasteiger partial charge in [-0.05, 0) is 46.1 Å². The van der Waals surface area contributed by atoms with Crippen LogP contribution in [0.3, 0.4) is 0 Å². The number of aryl methyl sites for hydroxylation is 1. The van der Waals surface area contributed by atoms with Crippen molar-refractivity contribution >= 4 is 32.9 Å². The number of halogens is 2. The predicted molar refractivity (Wildman–Crippen MR) is 79.9 cm³/mol. The smallest absolute Gasteiger partial charge is 0.201 e. The zero-order chi connectivity index (χ0) is 14.3. The van der Waals surface area contributed by atoms with Crippen molar-refractivity contribution in [2.45, 2.75) is 13.5 Å². The van der Waals surface area contributed by atoms with Gasteiger partial charge in [0.2, 0.25) is 5.95 Å². The first-order valence-corrected chi connectivity index (χ1v) is 6.86. The molecular formula is C14H12BrFN4. The molecule has 0 fully saturated rings. The number of nitrogen functional groups attached to an aromatic ring is 1. The van der Waals surface area contributed by atoms with Gasteiger partial charge in [0, 0.05) is 18.5 Å². The lowest BCUT2D eigenvalue weighted by Gasteiger charge is -2.09. The lowest BCUT2D eigenvalue weighted by molar-refractivity contribution is 0.622. The van der Waals surface area contributed by atoms with Crippen LogP contribution in [0.15, 0.2) is 35.1 Å². The third kappa shape index (κ3) is 2.16. The van der Waals surface area contributed by atoms with Crippen molar-refractivity contribution in [2.24, 2.45) is 0 Å². The van der Waals surface area contributed by atoms with Gasteiger partial charge in [0.05, 0.1) is 22.1 Å². The highest BCUT2D eigenvalue weighted by molar-refractivity contribution is 9.10. The van der Waals surface area contributed by atoms with E-state index in [1.807, 2.05) is 17.6 Å². The number of fused-ring (bicyclic) bond motifs is 1. The second-order valence-corrected chi connectivity index (χ2v) is 5.47. The van der Waals surface area contributed by atoms with Crippen molar-refractivity contribution in [3.8, 4) is 0 Å². The maximum absolute atomic E-state index is 13.5. The number of aromatic nitrogens is 3. The van der Waals surface area contributed by atoms with Gasteiger partial charge in [0.15, 0.2) is 0 Å². The molecule has 1 aromatic carbocycles. The first-order valence-electron chi connectivity index (χ1n) is 6.06. The lowest BCUT2D eigenvalue weighted by atomic mass is 10.1. The van der Waals surface area contributed by atoms with Crippen LogP contribution in [0.4, 0.5) is 10.3 Å². The van der Waals surface area contributed by atoms with Gasteiger partial charge in [-0.3, -0.25) is 4.98 Å². The second kappa shape index (κ2) is 4.86. The van der Waals surface area contributed by atoms with Gasteiger partial charge in [0.25, 0.3) is 0 Å². The van der Waals surface area contributed by atoms with Crippen LogP contribution >= 0.6 is 15.9 Å². The fraction of sp³-hybridized carbons (Fsp3) is 0.143. The Bertz CT molecular complexity index is 797. The molecule has 0 radical (unpaired) electrons. The van der Waals surface area contributed by atoms with Crippen molar-refractivity contribution < 1.29 is 4.39 Å². The number of benzene rings is 1. The van der Waals surface area contributed by atoms with E-state index in [2.05, 4.69) is 25.9 Å². The van der Waals surface area contributed by atoms with E-state index in [1.54, 1.807) is 18.5 Å². The molecule has 0 saturated carbocycles. The van der Waals surface area contributed by atoms with Crippen LogP contribution in [-0.2, 0) is 6.54 Å². The maximum Gasteiger partial charge on any atom is 0.201 e. The molecule has 0 saturated heterocycles. The molecule has 0 aliphatic heterocycles. The van der Waals surface area contributed by atoms with Gasteiger partial charge in [-0.15, -0.1) is 0 Å². The molecule has 2 N–H and O–H groups in total. The van der Waals surface area contributed by atoms with Crippen molar-refractivity contribution in [2.75, 3.05) is 5.73 Å². The minimum Gasteiger partial charge on any atom is -0.369 e. The molecule has 0 aliphatic rings. The maximum atomic E-state index is 13.5. The molecule has 3 rings (SSSR count). The van der Waals surface area contributed by atoms with Crippen LogP contribution < -0.4 is 5.73 Å². The SMILES string of the molecule is Cc1ccncc1Cn1c(N)nc2cc(F)c(Br)cc21. The van der Waals surface area contributed by atoms with Crippen LogP contribution in [-0.4, -0.2) is 14.5 Å². The second-order valence-electron chi connectivity index (χ2n) is 4.61. The molecule has 0 atom stereocenters. The van der Waals surface area contributed by atoms with Gasteiger partial charge in [-0.25, -0.2) is 9.37 Å². The summed E-state index contributed by atoms with van der Waals surface area (Å²) in [6.07, 6.45) is 3.55. The zero-order valence-electron chi connectivity index (χ0n) is 10.8. The van der Waals surface area contributed by atoms with Gasteiger partial charge in [-0.2, -0.15) is 0 Å². The van der Waals surface area contributed by atoms with Gasteiger partial charge < -0.3 is 10.3 Å². The molecule has 2 aromatic heterocycles. The van der Waals surface area contributed by atoms with E-state index in [0.717, 1.165) is 16.6 Å². The minimum atomic E-state index is -0.347. The number of anilines is 1. The van der Waals surface area contributed by atoms with Crippen LogP contribution in [0.5, 0.6) is 0 Å². The number of nitrogens with zero attached hydrogens (tertiary/aromatic N) is 3. The Kier molecular flexibility index (Phi) is 3.17. The van der Waals surface area contributed by atoms with Gasteiger partial charge >= 0.3 is 0 Å². The number of nitrogens with two attached hydrogens (primary N) is 1. The quantitative estimate of drug-likeness (QED) is 0.782. The van der Waals surface area contributed by atoms with E-state index in [4.69, 9.17) is 5.73 Å². The Morgan fingerprint density at radius 2 is 2.20 bits per heavy atom. The van der Waals surface area contributed by atoms with E-state index in [-0.39, 0.29) is 5.82 Å². The Balaban J connectivity index is 2.14. The summed E-state index contributed by atoms with van der Waals surface area (Å²) < 4.78 is 15.8.